The maximum Gasteiger partial charge on any atom is 0.306 e. The van der Waals surface area contributed by atoms with Crippen molar-refractivity contribution in [3.8, 4) is 0 Å². The van der Waals surface area contributed by atoms with Gasteiger partial charge in [0.2, 0.25) is 0 Å². The van der Waals surface area contributed by atoms with E-state index in [2.05, 4.69) is 208 Å². The van der Waals surface area contributed by atoms with E-state index in [1.54, 1.807) is 0 Å². The molecule has 0 heterocycles. The van der Waals surface area contributed by atoms with Crippen LogP contribution in [0.4, 0.5) is 0 Å². The summed E-state index contributed by atoms with van der Waals surface area (Å²) in [4.78, 5) is 37.5. The summed E-state index contributed by atoms with van der Waals surface area (Å²) in [6, 6.07) is 0. The summed E-state index contributed by atoms with van der Waals surface area (Å²) in [6.07, 6.45) is 108. The quantitative estimate of drug-likeness (QED) is 0.0195. The molecule has 522 valence electrons. The fourth-order valence-electron chi connectivity index (χ4n) is 9.33. The molecule has 0 saturated carbocycles. The fraction of sp³-hybridized carbons (Fsp3) is 0.583. The van der Waals surface area contributed by atoms with Crippen molar-refractivity contribution < 1.29 is 42.9 Å². The topological polar surface area (TPSA) is 111 Å². The van der Waals surface area contributed by atoms with E-state index in [0.29, 0.717) is 17.4 Å². The molecule has 9 nitrogen and oxygen atoms in total. The molecule has 2 atom stereocenters. The Hall–Kier alpha value is -5.87. The van der Waals surface area contributed by atoms with Gasteiger partial charge in [0.05, 0.1) is 40.3 Å². The van der Waals surface area contributed by atoms with Crippen LogP contribution in [0.1, 0.15) is 258 Å². The van der Waals surface area contributed by atoms with Gasteiger partial charge in [0, 0.05) is 12.8 Å². The Balaban J connectivity index is 4.21. The molecule has 0 rings (SSSR count). The van der Waals surface area contributed by atoms with Gasteiger partial charge in [-0.2, -0.15) is 0 Å². The van der Waals surface area contributed by atoms with E-state index < -0.39 is 24.3 Å². The molecule has 0 aliphatic rings. The molecule has 0 spiro atoms. The first-order valence-corrected chi connectivity index (χ1v) is 36.6. The summed E-state index contributed by atoms with van der Waals surface area (Å²) in [6.45, 7) is 4.48. The van der Waals surface area contributed by atoms with Crippen molar-refractivity contribution in [1.29, 1.82) is 0 Å². The lowest BCUT2D eigenvalue weighted by Crippen LogP contribution is -2.44. The first-order chi connectivity index (χ1) is 45.6. The van der Waals surface area contributed by atoms with Crippen molar-refractivity contribution in [1.82, 2.24) is 0 Å². The van der Waals surface area contributed by atoms with Crippen LogP contribution in [0, 0.1) is 0 Å². The summed E-state index contributed by atoms with van der Waals surface area (Å²) >= 11 is 0. The number of carbonyl (C=O) groups is 3. The molecule has 0 radical (unpaired) electrons. The van der Waals surface area contributed by atoms with Crippen molar-refractivity contribution in [3.05, 3.63) is 194 Å². The Labute approximate surface area is 570 Å². The molecular formula is C84H133NO8. The highest BCUT2D eigenvalue weighted by Gasteiger charge is 2.22. The molecule has 0 aromatic heterocycles. The van der Waals surface area contributed by atoms with Gasteiger partial charge in [-0.15, -0.1) is 0 Å². The van der Waals surface area contributed by atoms with Crippen molar-refractivity contribution in [3.63, 3.8) is 0 Å². The highest BCUT2D eigenvalue weighted by atomic mass is 16.7. The normalized spacial score (nSPS) is 13.9. The van der Waals surface area contributed by atoms with Crippen LogP contribution < -0.4 is 5.11 Å². The van der Waals surface area contributed by atoms with Crippen LogP contribution >= 0.6 is 0 Å². The number of carbonyl (C=O) groups excluding carboxylic acids is 3. The van der Waals surface area contributed by atoms with Crippen molar-refractivity contribution >= 4 is 17.9 Å². The van der Waals surface area contributed by atoms with Gasteiger partial charge in [-0.1, -0.05) is 298 Å². The van der Waals surface area contributed by atoms with Gasteiger partial charge in [0.25, 0.3) is 0 Å². The average molecular weight is 1280 g/mol. The molecule has 0 N–H and O–H groups in total. The zero-order valence-electron chi connectivity index (χ0n) is 59.5. The van der Waals surface area contributed by atoms with Crippen LogP contribution in [-0.4, -0.2) is 82.3 Å². The van der Waals surface area contributed by atoms with Gasteiger partial charge in [0.1, 0.15) is 13.2 Å². The van der Waals surface area contributed by atoms with E-state index in [1.807, 2.05) is 21.1 Å². The van der Waals surface area contributed by atoms with E-state index in [0.717, 1.165) is 161 Å². The highest BCUT2D eigenvalue weighted by Crippen LogP contribution is 2.16. The number of allylic oxidation sites excluding steroid dienone is 32. The zero-order valence-corrected chi connectivity index (χ0v) is 59.5. The van der Waals surface area contributed by atoms with Gasteiger partial charge in [-0.05, 0) is 141 Å². The van der Waals surface area contributed by atoms with Crippen molar-refractivity contribution in [2.24, 2.45) is 0 Å². The second-order valence-corrected chi connectivity index (χ2v) is 24.8. The third-order valence-corrected chi connectivity index (χ3v) is 14.8. The van der Waals surface area contributed by atoms with Crippen LogP contribution in [-0.2, 0) is 33.3 Å². The lowest BCUT2D eigenvalue weighted by molar-refractivity contribution is -0.870. The lowest BCUT2D eigenvalue weighted by Gasteiger charge is -2.26. The minimum Gasteiger partial charge on any atom is -0.545 e. The van der Waals surface area contributed by atoms with Crippen LogP contribution in [0.3, 0.4) is 0 Å². The van der Waals surface area contributed by atoms with Gasteiger partial charge in [0.15, 0.2) is 12.4 Å². The maximum absolute atomic E-state index is 12.9. The second-order valence-electron chi connectivity index (χ2n) is 24.8. The molecule has 0 bridgehead atoms. The number of rotatable bonds is 65. The van der Waals surface area contributed by atoms with E-state index in [4.69, 9.17) is 18.9 Å². The Morgan fingerprint density at radius 1 is 0.323 bits per heavy atom. The number of carboxylic acids is 1. The molecule has 0 aliphatic carbocycles. The number of quaternary nitrogens is 1. The Morgan fingerprint density at radius 2 is 0.581 bits per heavy atom. The van der Waals surface area contributed by atoms with Crippen LogP contribution in [0.2, 0.25) is 0 Å². The standard InChI is InChI=1S/C84H133NO8/c1-6-8-10-12-14-16-18-20-22-24-26-28-30-32-34-36-38-40-41-43-44-46-48-50-52-54-56-58-60-62-64-66-68-70-72-74-81(86)91-78-80(79-92-84(83(88)89)90-77-76-85(3,4)5)93-82(87)75-73-71-69-67-65-63-61-59-57-55-53-51-49-47-45-42-39-37-35-33-31-29-27-25-23-21-19-17-15-13-11-9-7-2/h8-11,14-17,20-23,26-29,32-35,38-40,42-44,47,49,53,55,59,61,80,84H,6-7,12-13,18-19,24-25,30-31,36-37,41,45-46,48,50-52,54,56-58,60,62-79H2,1-5H3/b10-8-,11-9-,16-14-,17-15-,22-20-,23-21-,28-26-,29-27-,34-32-,35-33-,40-38-,42-39-,44-43-,49-47-,55-53-,61-59-. The lowest BCUT2D eigenvalue weighted by atomic mass is 10.0. The van der Waals surface area contributed by atoms with E-state index in [1.165, 1.54) is 64.2 Å². The number of hydrogen-bond donors (Lipinski definition) is 0. The first-order valence-electron chi connectivity index (χ1n) is 36.6. The summed E-state index contributed by atoms with van der Waals surface area (Å²) in [5, 5.41) is 11.8. The number of aliphatic carboxylic acids is 1. The minimum atomic E-state index is -1.64. The first kappa shape index (κ1) is 87.1. The highest BCUT2D eigenvalue weighted by molar-refractivity contribution is 5.70. The Kier molecular flexibility index (Phi) is 67.4. The number of nitrogens with zero attached hydrogens (tertiary/aromatic N) is 1. The Morgan fingerprint density at radius 3 is 0.860 bits per heavy atom. The molecular weight excluding hydrogens is 1150 g/mol. The van der Waals surface area contributed by atoms with Gasteiger partial charge >= 0.3 is 11.9 Å². The molecule has 2 unspecified atom stereocenters. The van der Waals surface area contributed by atoms with Gasteiger partial charge < -0.3 is 33.3 Å². The predicted molar refractivity (Wildman–Crippen MR) is 397 cm³/mol. The minimum absolute atomic E-state index is 0.133. The molecule has 0 aromatic rings. The third kappa shape index (κ3) is 73.4. The van der Waals surface area contributed by atoms with Crippen molar-refractivity contribution in [2.45, 2.75) is 270 Å². The SMILES string of the molecule is CC/C=C\C/C=C\C/C=C\C/C=C\C/C=C\C/C=C\C/C=C\C/C=C\C/C=C\CCCCCCCC(=O)OC(COC(=O)CCCCCCCCCCCCCCC/C=C\C/C=C\C/C=C\C/C=C\C/C=C\C/C=C\C/C=C\CC)COC(OCC[N+](C)(C)C)C(=O)[O-]. The van der Waals surface area contributed by atoms with E-state index in [9.17, 15) is 19.5 Å². The summed E-state index contributed by atoms with van der Waals surface area (Å²) in [5.41, 5.74) is 0. The van der Waals surface area contributed by atoms with Gasteiger partial charge in [-0.25, -0.2) is 0 Å². The van der Waals surface area contributed by atoms with Gasteiger partial charge in [-0.3, -0.25) is 9.59 Å². The smallest absolute Gasteiger partial charge is 0.306 e. The molecule has 0 amide bonds. The number of unbranched alkanes of at least 4 members (excludes halogenated alkanes) is 18. The van der Waals surface area contributed by atoms with Crippen LogP contribution in [0.5, 0.6) is 0 Å². The second kappa shape index (κ2) is 72.0. The maximum atomic E-state index is 12.9. The summed E-state index contributed by atoms with van der Waals surface area (Å²) in [5.74, 6) is -2.33. The number of ether oxygens (including phenoxy) is 4. The predicted octanol–water partition coefficient (Wildman–Crippen LogP) is 22.0. The molecule has 0 fully saturated rings. The molecule has 9 heteroatoms. The number of carboxylic acid groups (broad SMARTS) is 1. The largest absolute Gasteiger partial charge is 0.545 e. The summed E-state index contributed by atoms with van der Waals surface area (Å²) < 4.78 is 22.8. The number of esters is 2. The van der Waals surface area contributed by atoms with Crippen molar-refractivity contribution in [2.75, 3.05) is 47.5 Å². The Bertz CT molecular complexity index is 2230. The molecule has 93 heavy (non-hydrogen) atoms. The van der Waals surface area contributed by atoms with Crippen LogP contribution in [0.25, 0.3) is 0 Å². The fourth-order valence-corrected chi connectivity index (χ4v) is 9.33. The van der Waals surface area contributed by atoms with E-state index in [-0.39, 0.29) is 38.6 Å². The molecule has 0 saturated heterocycles. The molecule has 0 aromatic carbocycles. The third-order valence-electron chi connectivity index (χ3n) is 14.8. The summed E-state index contributed by atoms with van der Waals surface area (Å²) in [7, 11) is 5.91. The van der Waals surface area contributed by atoms with E-state index >= 15 is 0 Å². The number of likely N-dealkylation sites (N-methyl/N-ethyl adjacent to an activating group) is 1. The van der Waals surface area contributed by atoms with Crippen LogP contribution in [0.15, 0.2) is 194 Å². The molecule has 0 aliphatic heterocycles. The zero-order chi connectivity index (χ0) is 67.5. The number of hydrogen-bond acceptors (Lipinski definition) is 8. The average Bonchev–Trinajstić information content (AvgIpc) is 3.74. The monoisotopic (exact) mass is 1280 g/mol.